The van der Waals surface area contributed by atoms with Gasteiger partial charge >= 0.3 is 6.18 Å². The van der Waals surface area contributed by atoms with Crippen LogP contribution in [0.15, 0.2) is 42.9 Å². The monoisotopic (exact) mass is 467 g/mol. The average molecular weight is 467 g/mol. The molecular weight excluding hydrogens is 443 g/mol. The number of aromatic nitrogens is 5. The van der Waals surface area contributed by atoms with Crippen molar-refractivity contribution in [1.29, 1.82) is 0 Å². The van der Waals surface area contributed by atoms with Crippen LogP contribution in [0.1, 0.15) is 43.7 Å². The van der Waals surface area contributed by atoms with Crippen molar-refractivity contribution in [3.8, 4) is 28.5 Å². The summed E-state index contributed by atoms with van der Waals surface area (Å²) in [4.78, 5) is 20.1. The molecule has 34 heavy (non-hydrogen) atoms. The Morgan fingerprint density at radius 2 is 1.76 bits per heavy atom. The highest BCUT2D eigenvalue weighted by Gasteiger charge is 2.31. The summed E-state index contributed by atoms with van der Waals surface area (Å²) >= 11 is 0. The van der Waals surface area contributed by atoms with Crippen LogP contribution in [0.4, 0.5) is 13.2 Å². The second-order valence-corrected chi connectivity index (χ2v) is 8.95. The van der Waals surface area contributed by atoms with Crippen LogP contribution in [0.5, 0.6) is 5.88 Å². The van der Waals surface area contributed by atoms with E-state index < -0.39 is 11.7 Å². The molecule has 176 valence electrons. The minimum Gasteiger partial charge on any atom is -0.474 e. The van der Waals surface area contributed by atoms with Crippen molar-refractivity contribution < 1.29 is 17.9 Å². The fourth-order valence-electron chi connectivity index (χ4n) is 4.26. The number of pyridine rings is 3. The van der Waals surface area contributed by atoms with Crippen LogP contribution < -0.4 is 4.74 Å². The van der Waals surface area contributed by atoms with Gasteiger partial charge in [-0.15, -0.1) is 0 Å². The Bertz CT molecular complexity index is 1310. The zero-order valence-corrected chi connectivity index (χ0v) is 18.9. The minimum atomic E-state index is -4.46. The normalized spacial score (nSPS) is 18.9. The van der Waals surface area contributed by atoms with Crippen molar-refractivity contribution in [2.45, 2.75) is 51.8 Å². The van der Waals surface area contributed by atoms with Gasteiger partial charge in [-0.2, -0.15) is 13.2 Å². The summed E-state index contributed by atoms with van der Waals surface area (Å²) in [6.07, 6.45) is 4.42. The Hall–Kier alpha value is -3.49. The number of alkyl halides is 3. The zero-order chi connectivity index (χ0) is 23.9. The molecule has 1 aliphatic rings. The smallest absolute Gasteiger partial charge is 0.417 e. The molecule has 4 heterocycles. The average Bonchev–Trinajstić information content (AvgIpc) is 3.23. The highest BCUT2D eigenvalue weighted by molar-refractivity contribution is 5.77. The molecule has 0 bridgehead atoms. The second kappa shape index (κ2) is 8.70. The summed E-state index contributed by atoms with van der Waals surface area (Å²) in [6.45, 7) is 4.18. The Morgan fingerprint density at radius 1 is 0.971 bits per heavy atom. The Labute approximate surface area is 194 Å². The van der Waals surface area contributed by atoms with Crippen molar-refractivity contribution in [1.82, 2.24) is 24.9 Å². The summed E-state index contributed by atoms with van der Waals surface area (Å²) in [6, 6.07) is 6.71. The molecule has 9 heteroatoms. The standard InChI is InChI=1S/C25H24F3N5O/c1-14-3-6-18(7-4-14)34-22-8-5-16(11-30-22)20-9-15(2)19(13-29-20)23-32-21-10-17(25(26,27)28)12-31-24(21)33-23/h5,8-14,18H,3-4,6-7H2,1-2H3,(H,31,32,33). The highest BCUT2D eigenvalue weighted by Crippen LogP contribution is 2.32. The molecule has 1 aliphatic carbocycles. The van der Waals surface area contributed by atoms with Gasteiger partial charge in [-0.05, 0) is 62.3 Å². The largest absolute Gasteiger partial charge is 0.474 e. The molecule has 1 saturated carbocycles. The molecular formula is C25H24F3N5O. The van der Waals surface area contributed by atoms with Crippen molar-refractivity contribution >= 4 is 11.2 Å². The van der Waals surface area contributed by atoms with E-state index in [-0.39, 0.29) is 17.3 Å². The maximum Gasteiger partial charge on any atom is 0.417 e. The number of aromatic amines is 1. The number of hydrogen-bond acceptors (Lipinski definition) is 5. The van der Waals surface area contributed by atoms with Crippen molar-refractivity contribution in [2.24, 2.45) is 5.92 Å². The van der Waals surface area contributed by atoms with Gasteiger partial charge in [0, 0.05) is 35.8 Å². The SMILES string of the molecule is Cc1cc(-c2ccc(OC3CCC(C)CC3)nc2)ncc1-c1nc2ncc(C(F)(F)F)cc2[nH]1. The molecule has 1 N–H and O–H groups in total. The van der Waals surface area contributed by atoms with E-state index in [0.717, 1.165) is 47.8 Å². The number of nitrogens with one attached hydrogen (secondary N) is 1. The van der Waals surface area contributed by atoms with E-state index in [0.29, 0.717) is 17.3 Å². The number of ether oxygens (including phenoxy) is 1. The van der Waals surface area contributed by atoms with E-state index in [2.05, 4.69) is 31.8 Å². The van der Waals surface area contributed by atoms with Crippen LogP contribution in [0, 0.1) is 12.8 Å². The van der Waals surface area contributed by atoms with E-state index in [1.54, 1.807) is 12.4 Å². The lowest BCUT2D eigenvalue weighted by Crippen LogP contribution is -2.23. The molecule has 0 saturated heterocycles. The van der Waals surface area contributed by atoms with Crippen LogP contribution in [0.2, 0.25) is 0 Å². The molecule has 0 radical (unpaired) electrons. The molecule has 4 aromatic heterocycles. The van der Waals surface area contributed by atoms with Gasteiger partial charge < -0.3 is 9.72 Å². The number of aryl methyl sites for hydroxylation is 1. The lowest BCUT2D eigenvalue weighted by molar-refractivity contribution is -0.137. The zero-order valence-electron chi connectivity index (χ0n) is 18.9. The van der Waals surface area contributed by atoms with Gasteiger partial charge in [-0.1, -0.05) is 6.92 Å². The summed E-state index contributed by atoms with van der Waals surface area (Å²) in [5.41, 5.74) is 2.77. The van der Waals surface area contributed by atoms with Gasteiger partial charge in [-0.25, -0.2) is 15.0 Å². The highest BCUT2D eigenvalue weighted by atomic mass is 19.4. The first kappa shape index (κ1) is 22.3. The summed E-state index contributed by atoms with van der Waals surface area (Å²) < 4.78 is 45.0. The Balaban J connectivity index is 1.34. The fraction of sp³-hybridized carbons (Fsp3) is 0.360. The summed E-state index contributed by atoms with van der Waals surface area (Å²) in [7, 11) is 0. The molecule has 1 fully saturated rings. The van der Waals surface area contributed by atoms with E-state index in [1.807, 2.05) is 25.1 Å². The number of hydrogen-bond donors (Lipinski definition) is 1. The van der Waals surface area contributed by atoms with E-state index >= 15 is 0 Å². The molecule has 5 rings (SSSR count). The van der Waals surface area contributed by atoms with Gasteiger partial charge in [0.1, 0.15) is 11.9 Å². The molecule has 4 aromatic rings. The van der Waals surface area contributed by atoms with Crippen LogP contribution in [-0.2, 0) is 6.18 Å². The third-order valence-corrected chi connectivity index (χ3v) is 6.31. The summed E-state index contributed by atoms with van der Waals surface area (Å²) in [5.74, 6) is 1.80. The van der Waals surface area contributed by atoms with Crippen molar-refractivity contribution in [3.63, 3.8) is 0 Å². The topological polar surface area (TPSA) is 76.6 Å². The molecule has 0 aromatic carbocycles. The first-order valence-corrected chi connectivity index (χ1v) is 11.3. The van der Waals surface area contributed by atoms with Gasteiger partial charge in [0.05, 0.1) is 16.8 Å². The van der Waals surface area contributed by atoms with Crippen molar-refractivity contribution in [3.05, 3.63) is 54.0 Å². The maximum atomic E-state index is 13.0. The number of halogens is 3. The molecule has 0 amide bonds. The lowest BCUT2D eigenvalue weighted by atomic mass is 9.89. The molecule has 0 spiro atoms. The van der Waals surface area contributed by atoms with E-state index in [1.165, 1.54) is 12.8 Å². The predicted molar refractivity (Wildman–Crippen MR) is 122 cm³/mol. The molecule has 0 atom stereocenters. The Kier molecular flexibility index (Phi) is 5.71. The number of H-pyrrole nitrogens is 1. The first-order valence-electron chi connectivity index (χ1n) is 11.3. The van der Waals surface area contributed by atoms with Gasteiger partial charge in [0.25, 0.3) is 0 Å². The van der Waals surface area contributed by atoms with Crippen molar-refractivity contribution in [2.75, 3.05) is 0 Å². The van der Waals surface area contributed by atoms with Gasteiger partial charge in [0.15, 0.2) is 5.65 Å². The fourth-order valence-corrected chi connectivity index (χ4v) is 4.26. The Morgan fingerprint density at radius 3 is 2.44 bits per heavy atom. The second-order valence-electron chi connectivity index (χ2n) is 8.95. The maximum absolute atomic E-state index is 13.0. The number of nitrogens with zero attached hydrogens (tertiary/aromatic N) is 4. The van der Waals surface area contributed by atoms with Crippen LogP contribution >= 0.6 is 0 Å². The van der Waals surface area contributed by atoms with E-state index in [4.69, 9.17) is 4.74 Å². The van der Waals surface area contributed by atoms with Gasteiger partial charge in [0.2, 0.25) is 5.88 Å². The molecule has 0 unspecified atom stereocenters. The molecule has 6 nitrogen and oxygen atoms in total. The van der Waals surface area contributed by atoms with Crippen LogP contribution in [-0.4, -0.2) is 31.0 Å². The minimum absolute atomic E-state index is 0.221. The number of rotatable bonds is 4. The molecule has 0 aliphatic heterocycles. The van der Waals surface area contributed by atoms with Crippen LogP contribution in [0.3, 0.4) is 0 Å². The quantitative estimate of drug-likeness (QED) is 0.378. The van der Waals surface area contributed by atoms with Gasteiger partial charge in [-0.3, -0.25) is 4.98 Å². The first-order chi connectivity index (χ1) is 16.3. The third-order valence-electron chi connectivity index (χ3n) is 6.31. The predicted octanol–water partition coefficient (Wildman–Crippen LogP) is 6.37. The van der Waals surface area contributed by atoms with E-state index in [9.17, 15) is 13.2 Å². The number of imidazole rings is 1. The summed E-state index contributed by atoms with van der Waals surface area (Å²) in [5, 5.41) is 0. The van der Waals surface area contributed by atoms with Crippen LogP contribution in [0.25, 0.3) is 33.8 Å². The lowest BCUT2D eigenvalue weighted by Gasteiger charge is -2.26. The third kappa shape index (κ3) is 4.60. The number of fused-ring (bicyclic) bond motifs is 1.